The van der Waals surface area contributed by atoms with Gasteiger partial charge >= 0.3 is 0 Å². The van der Waals surface area contributed by atoms with Gasteiger partial charge in [-0.05, 0) is 23.1 Å². The summed E-state index contributed by atoms with van der Waals surface area (Å²) in [5.41, 5.74) is 3.37. The summed E-state index contributed by atoms with van der Waals surface area (Å²) in [7, 11) is 0. The number of thiophene rings is 1. The summed E-state index contributed by atoms with van der Waals surface area (Å²) in [5.74, 6) is 0.103. The second kappa shape index (κ2) is 3.02. The Labute approximate surface area is 90.8 Å². The van der Waals surface area contributed by atoms with Crippen LogP contribution in [0.25, 0.3) is 10.4 Å². The molecule has 3 rings (SSSR count). The highest BCUT2D eigenvalue weighted by atomic mass is 32.1. The van der Waals surface area contributed by atoms with Gasteiger partial charge < -0.3 is 5.11 Å². The van der Waals surface area contributed by atoms with Crippen molar-refractivity contribution in [1.82, 2.24) is 0 Å². The molecule has 74 valence electrons. The van der Waals surface area contributed by atoms with Gasteiger partial charge in [-0.2, -0.15) is 0 Å². The molecule has 1 aromatic heterocycles. The fraction of sp³-hybridized carbons (Fsp3) is 0.0833. The molecule has 0 fully saturated rings. The zero-order chi connectivity index (χ0) is 10.4. The summed E-state index contributed by atoms with van der Waals surface area (Å²) >= 11 is 1.58. The zero-order valence-electron chi connectivity index (χ0n) is 7.86. The quantitative estimate of drug-likeness (QED) is 0.678. The van der Waals surface area contributed by atoms with Crippen molar-refractivity contribution in [1.29, 1.82) is 0 Å². The van der Waals surface area contributed by atoms with E-state index in [4.69, 9.17) is 5.11 Å². The Morgan fingerprint density at radius 2 is 2.00 bits per heavy atom. The standard InChI is InChI=1S/C12H8O2S/c13-6-7-1-2-8-10(5-7)12-9(11(8)14)3-4-15-12/h1-5,13H,6H2. The third-order valence-electron chi connectivity index (χ3n) is 2.67. The number of hydrogen-bond donors (Lipinski definition) is 1. The number of fused-ring (bicyclic) bond motifs is 3. The topological polar surface area (TPSA) is 37.3 Å². The van der Waals surface area contributed by atoms with Gasteiger partial charge in [-0.15, -0.1) is 11.3 Å². The molecule has 1 aliphatic carbocycles. The van der Waals surface area contributed by atoms with Gasteiger partial charge in [0, 0.05) is 21.6 Å². The first-order valence-corrected chi connectivity index (χ1v) is 5.55. The SMILES string of the molecule is O=C1c2ccc(CO)cc2-c2sccc21. The second-order valence-corrected chi connectivity index (χ2v) is 4.45. The van der Waals surface area contributed by atoms with E-state index in [1.807, 2.05) is 17.5 Å². The van der Waals surface area contributed by atoms with Gasteiger partial charge in [-0.25, -0.2) is 0 Å². The minimum atomic E-state index is 0.0161. The largest absolute Gasteiger partial charge is 0.392 e. The Morgan fingerprint density at radius 1 is 1.13 bits per heavy atom. The molecule has 15 heavy (non-hydrogen) atoms. The summed E-state index contributed by atoms with van der Waals surface area (Å²) < 4.78 is 0. The molecule has 0 atom stereocenters. The Morgan fingerprint density at radius 3 is 2.80 bits per heavy atom. The molecule has 1 aliphatic rings. The number of hydrogen-bond acceptors (Lipinski definition) is 3. The molecule has 1 aromatic carbocycles. The summed E-state index contributed by atoms with van der Waals surface area (Å²) in [6.07, 6.45) is 0. The van der Waals surface area contributed by atoms with Crippen LogP contribution in [0, 0.1) is 0 Å². The van der Waals surface area contributed by atoms with E-state index in [2.05, 4.69) is 0 Å². The van der Waals surface area contributed by atoms with Crippen molar-refractivity contribution in [2.75, 3.05) is 0 Å². The van der Waals surface area contributed by atoms with Gasteiger partial charge in [0.2, 0.25) is 0 Å². The van der Waals surface area contributed by atoms with E-state index in [1.165, 1.54) is 0 Å². The van der Waals surface area contributed by atoms with Gasteiger partial charge in [0.25, 0.3) is 0 Å². The molecule has 0 saturated carbocycles. The second-order valence-electron chi connectivity index (χ2n) is 3.53. The predicted molar refractivity (Wildman–Crippen MR) is 59.1 cm³/mol. The van der Waals surface area contributed by atoms with Crippen molar-refractivity contribution in [3.05, 3.63) is 46.3 Å². The predicted octanol–water partition coefficient (Wildman–Crippen LogP) is 2.45. The molecule has 1 N–H and O–H groups in total. The molecule has 0 radical (unpaired) electrons. The van der Waals surface area contributed by atoms with Crippen LogP contribution in [-0.2, 0) is 6.61 Å². The molecule has 0 saturated heterocycles. The van der Waals surface area contributed by atoms with Gasteiger partial charge in [0.15, 0.2) is 5.78 Å². The molecule has 0 amide bonds. The molecule has 2 aromatic rings. The van der Waals surface area contributed by atoms with Crippen LogP contribution in [-0.4, -0.2) is 10.9 Å². The minimum Gasteiger partial charge on any atom is -0.392 e. The van der Waals surface area contributed by atoms with Crippen LogP contribution in [0.1, 0.15) is 21.5 Å². The number of aliphatic hydroxyl groups excluding tert-OH is 1. The smallest absolute Gasteiger partial charge is 0.195 e. The fourth-order valence-corrected chi connectivity index (χ4v) is 2.84. The van der Waals surface area contributed by atoms with Gasteiger partial charge in [-0.3, -0.25) is 4.79 Å². The third kappa shape index (κ3) is 1.11. The maximum Gasteiger partial charge on any atom is 0.195 e. The van der Waals surface area contributed by atoms with E-state index >= 15 is 0 Å². The summed E-state index contributed by atoms with van der Waals surface area (Å²) in [6.45, 7) is 0.0161. The van der Waals surface area contributed by atoms with Crippen LogP contribution in [0.3, 0.4) is 0 Å². The Balaban J connectivity index is 2.30. The lowest BCUT2D eigenvalue weighted by Gasteiger charge is -2.00. The lowest BCUT2D eigenvalue weighted by Crippen LogP contribution is -1.94. The number of carbonyl (C=O) groups excluding carboxylic acids is 1. The minimum absolute atomic E-state index is 0.0161. The monoisotopic (exact) mass is 216 g/mol. The van der Waals surface area contributed by atoms with E-state index in [0.717, 1.165) is 27.1 Å². The van der Waals surface area contributed by atoms with Gasteiger partial charge in [0.1, 0.15) is 0 Å². The number of ketones is 1. The average Bonchev–Trinajstić information content (AvgIpc) is 2.83. The van der Waals surface area contributed by atoms with Gasteiger partial charge in [-0.1, -0.05) is 12.1 Å². The molecular formula is C12H8O2S. The molecular weight excluding hydrogens is 208 g/mol. The zero-order valence-corrected chi connectivity index (χ0v) is 8.67. The van der Waals surface area contributed by atoms with Crippen molar-refractivity contribution in [2.24, 2.45) is 0 Å². The molecule has 0 bridgehead atoms. The average molecular weight is 216 g/mol. The van der Waals surface area contributed by atoms with Crippen LogP contribution in [0.15, 0.2) is 29.6 Å². The summed E-state index contributed by atoms with van der Waals surface area (Å²) in [6, 6.07) is 7.36. The van der Waals surface area contributed by atoms with E-state index < -0.39 is 0 Å². The van der Waals surface area contributed by atoms with E-state index in [-0.39, 0.29) is 12.4 Å². The Kier molecular flexibility index (Phi) is 1.78. The van der Waals surface area contributed by atoms with Gasteiger partial charge in [0.05, 0.1) is 6.61 Å². The lowest BCUT2D eigenvalue weighted by molar-refractivity contribution is 0.104. The van der Waals surface area contributed by atoms with Crippen molar-refractivity contribution in [3.63, 3.8) is 0 Å². The molecule has 0 aliphatic heterocycles. The maximum atomic E-state index is 11.9. The number of carbonyl (C=O) groups is 1. The fourth-order valence-electron chi connectivity index (χ4n) is 1.92. The molecule has 0 spiro atoms. The van der Waals surface area contributed by atoms with E-state index in [1.54, 1.807) is 23.5 Å². The first kappa shape index (κ1) is 8.83. The molecule has 2 nitrogen and oxygen atoms in total. The highest BCUT2D eigenvalue weighted by Crippen LogP contribution is 2.40. The number of benzene rings is 1. The number of rotatable bonds is 1. The first-order valence-electron chi connectivity index (χ1n) is 4.67. The van der Waals surface area contributed by atoms with Crippen molar-refractivity contribution in [3.8, 4) is 10.4 Å². The van der Waals surface area contributed by atoms with E-state index in [0.29, 0.717) is 0 Å². The maximum absolute atomic E-state index is 11.9. The van der Waals surface area contributed by atoms with Crippen LogP contribution >= 0.6 is 11.3 Å². The van der Waals surface area contributed by atoms with Crippen LogP contribution in [0.5, 0.6) is 0 Å². The summed E-state index contributed by atoms with van der Waals surface area (Å²) in [4.78, 5) is 12.9. The molecule has 0 unspecified atom stereocenters. The van der Waals surface area contributed by atoms with Crippen LogP contribution < -0.4 is 0 Å². The highest BCUT2D eigenvalue weighted by molar-refractivity contribution is 7.14. The van der Waals surface area contributed by atoms with Crippen LogP contribution in [0.4, 0.5) is 0 Å². The highest BCUT2D eigenvalue weighted by Gasteiger charge is 2.27. The van der Waals surface area contributed by atoms with Crippen molar-refractivity contribution in [2.45, 2.75) is 6.61 Å². The van der Waals surface area contributed by atoms with E-state index in [9.17, 15) is 4.79 Å². The normalized spacial score (nSPS) is 12.7. The third-order valence-corrected chi connectivity index (χ3v) is 3.61. The van der Waals surface area contributed by atoms with Crippen molar-refractivity contribution < 1.29 is 9.90 Å². The Hall–Kier alpha value is -1.45. The van der Waals surface area contributed by atoms with Crippen LogP contribution in [0.2, 0.25) is 0 Å². The number of aliphatic hydroxyl groups is 1. The first-order chi connectivity index (χ1) is 7.31. The lowest BCUT2D eigenvalue weighted by atomic mass is 10.1. The summed E-state index contributed by atoms with van der Waals surface area (Å²) in [5, 5.41) is 11.0. The Bertz CT molecular complexity index is 554. The molecule has 1 heterocycles. The molecule has 3 heteroatoms. The van der Waals surface area contributed by atoms with Crippen molar-refractivity contribution >= 4 is 17.1 Å².